The number of hydrogen-bond donors (Lipinski definition) is 1. The van der Waals surface area contributed by atoms with E-state index in [4.69, 9.17) is 5.73 Å². The zero-order chi connectivity index (χ0) is 7.07. The highest BCUT2D eigenvalue weighted by molar-refractivity contribution is 5.04. The molecule has 0 unspecified atom stereocenters. The van der Waals surface area contributed by atoms with Gasteiger partial charge in [-0.05, 0) is 23.8 Å². The lowest BCUT2D eigenvalue weighted by atomic mass is 10.1. The van der Waals surface area contributed by atoms with Crippen molar-refractivity contribution in [2.45, 2.75) is 13.8 Å². The molecular formula is C7H14FN. The maximum Gasteiger partial charge on any atom is 0.0931 e. The van der Waals surface area contributed by atoms with Crippen LogP contribution in [0.15, 0.2) is 0 Å². The SMILES string of the molecule is CC1(C)[C@H](CN)[C@H]1CF. The quantitative estimate of drug-likeness (QED) is 0.598. The van der Waals surface area contributed by atoms with Crippen molar-refractivity contribution in [3.05, 3.63) is 0 Å². The van der Waals surface area contributed by atoms with E-state index >= 15 is 0 Å². The molecule has 0 aromatic heterocycles. The van der Waals surface area contributed by atoms with Crippen molar-refractivity contribution in [3.8, 4) is 0 Å². The average Bonchev–Trinajstić information content (AvgIpc) is 2.32. The average molecular weight is 131 g/mol. The molecule has 1 aliphatic rings. The molecule has 2 atom stereocenters. The number of hydrogen-bond acceptors (Lipinski definition) is 1. The van der Waals surface area contributed by atoms with Gasteiger partial charge in [0.15, 0.2) is 0 Å². The summed E-state index contributed by atoms with van der Waals surface area (Å²) in [7, 11) is 0. The fourth-order valence-electron chi connectivity index (χ4n) is 1.63. The summed E-state index contributed by atoms with van der Waals surface area (Å²) < 4.78 is 12.1. The number of alkyl halides is 1. The Balaban J connectivity index is 2.45. The van der Waals surface area contributed by atoms with E-state index in [1.165, 1.54) is 0 Å². The molecule has 1 aliphatic carbocycles. The van der Waals surface area contributed by atoms with Crippen molar-refractivity contribution in [1.29, 1.82) is 0 Å². The van der Waals surface area contributed by atoms with Gasteiger partial charge in [-0.2, -0.15) is 0 Å². The van der Waals surface area contributed by atoms with Crippen molar-refractivity contribution in [2.24, 2.45) is 23.0 Å². The molecule has 0 heterocycles. The summed E-state index contributed by atoms with van der Waals surface area (Å²) in [5, 5.41) is 0. The fraction of sp³-hybridized carbons (Fsp3) is 1.00. The molecule has 0 aromatic rings. The lowest BCUT2D eigenvalue weighted by Gasteiger charge is -1.97. The summed E-state index contributed by atoms with van der Waals surface area (Å²) >= 11 is 0. The van der Waals surface area contributed by atoms with Crippen molar-refractivity contribution >= 4 is 0 Å². The normalized spacial score (nSPS) is 38.7. The van der Waals surface area contributed by atoms with Gasteiger partial charge in [0, 0.05) is 0 Å². The molecule has 0 spiro atoms. The number of nitrogens with two attached hydrogens (primary N) is 1. The van der Waals surface area contributed by atoms with Gasteiger partial charge in [0.05, 0.1) is 6.67 Å². The molecule has 9 heavy (non-hydrogen) atoms. The van der Waals surface area contributed by atoms with E-state index in [0.29, 0.717) is 12.5 Å². The van der Waals surface area contributed by atoms with Crippen molar-refractivity contribution in [1.82, 2.24) is 0 Å². The van der Waals surface area contributed by atoms with Gasteiger partial charge >= 0.3 is 0 Å². The first-order valence-electron chi connectivity index (χ1n) is 3.40. The summed E-state index contributed by atoms with van der Waals surface area (Å²) in [6.07, 6.45) is 0. The Kier molecular flexibility index (Phi) is 1.51. The molecule has 1 rings (SSSR count). The smallest absolute Gasteiger partial charge is 0.0931 e. The Morgan fingerprint density at radius 1 is 1.44 bits per heavy atom. The molecule has 0 aromatic carbocycles. The second kappa shape index (κ2) is 1.94. The number of halogens is 1. The maximum absolute atomic E-state index is 12.1. The molecular weight excluding hydrogens is 117 g/mol. The predicted molar refractivity (Wildman–Crippen MR) is 35.8 cm³/mol. The first kappa shape index (κ1) is 7.00. The van der Waals surface area contributed by atoms with E-state index in [2.05, 4.69) is 13.8 Å². The van der Waals surface area contributed by atoms with Crippen molar-refractivity contribution < 1.29 is 4.39 Å². The van der Waals surface area contributed by atoms with Gasteiger partial charge in [0.1, 0.15) is 0 Å². The first-order chi connectivity index (χ1) is 4.14. The van der Waals surface area contributed by atoms with Crippen LogP contribution in [0.2, 0.25) is 0 Å². The van der Waals surface area contributed by atoms with Gasteiger partial charge in [-0.25, -0.2) is 0 Å². The monoisotopic (exact) mass is 131 g/mol. The van der Waals surface area contributed by atoms with Crippen LogP contribution >= 0.6 is 0 Å². The summed E-state index contributed by atoms with van der Waals surface area (Å²) in [6, 6.07) is 0. The Bertz CT molecular complexity index is 99.5. The lowest BCUT2D eigenvalue weighted by Crippen LogP contribution is -2.05. The van der Waals surface area contributed by atoms with Crippen LogP contribution in [0, 0.1) is 17.3 Å². The molecule has 0 aliphatic heterocycles. The van der Waals surface area contributed by atoms with Crippen molar-refractivity contribution in [3.63, 3.8) is 0 Å². The van der Waals surface area contributed by atoms with Gasteiger partial charge in [0.25, 0.3) is 0 Å². The summed E-state index contributed by atoms with van der Waals surface area (Å²) in [4.78, 5) is 0. The second-order valence-electron chi connectivity index (χ2n) is 3.42. The summed E-state index contributed by atoms with van der Waals surface area (Å²) in [5.74, 6) is 0.671. The summed E-state index contributed by atoms with van der Waals surface area (Å²) in [5.41, 5.74) is 5.59. The standard InChI is InChI=1S/C7H14FN/c1-7(2)5(3-8)6(7)4-9/h5-6H,3-4,9H2,1-2H3/t5-,6-/m1/s1. The van der Waals surface area contributed by atoms with Gasteiger partial charge in [0.2, 0.25) is 0 Å². The molecule has 0 bridgehead atoms. The zero-order valence-corrected chi connectivity index (χ0v) is 6.02. The number of rotatable bonds is 2. The topological polar surface area (TPSA) is 26.0 Å². The molecule has 0 radical (unpaired) electrons. The molecule has 1 fully saturated rings. The Morgan fingerprint density at radius 3 is 2.11 bits per heavy atom. The highest BCUT2D eigenvalue weighted by Gasteiger charge is 2.56. The van der Waals surface area contributed by atoms with E-state index < -0.39 is 0 Å². The van der Waals surface area contributed by atoms with Crippen LogP contribution in [0.25, 0.3) is 0 Å². The van der Waals surface area contributed by atoms with E-state index in [-0.39, 0.29) is 18.0 Å². The highest BCUT2D eigenvalue weighted by Crippen LogP contribution is 2.57. The van der Waals surface area contributed by atoms with Gasteiger partial charge in [-0.3, -0.25) is 4.39 Å². The van der Waals surface area contributed by atoms with E-state index in [1.54, 1.807) is 0 Å². The lowest BCUT2D eigenvalue weighted by molar-refractivity contribution is 0.407. The van der Waals surface area contributed by atoms with Crippen LogP contribution in [0.3, 0.4) is 0 Å². The molecule has 0 saturated heterocycles. The molecule has 1 saturated carbocycles. The first-order valence-corrected chi connectivity index (χ1v) is 3.40. The third-order valence-corrected chi connectivity index (χ3v) is 2.71. The minimum absolute atomic E-state index is 0.184. The van der Waals surface area contributed by atoms with E-state index in [0.717, 1.165) is 0 Å². The van der Waals surface area contributed by atoms with Gasteiger partial charge in [-0.15, -0.1) is 0 Å². The van der Waals surface area contributed by atoms with Gasteiger partial charge < -0.3 is 5.73 Å². The molecule has 0 amide bonds. The van der Waals surface area contributed by atoms with Crippen LogP contribution in [0.5, 0.6) is 0 Å². The maximum atomic E-state index is 12.1. The van der Waals surface area contributed by atoms with Crippen LogP contribution in [0.1, 0.15) is 13.8 Å². The van der Waals surface area contributed by atoms with Crippen LogP contribution < -0.4 is 5.73 Å². The molecule has 2 N–H and O–H groups in total. The van der Waals surface area contributed by atoms with Crippen LogP contribution in [0.4, 0.5) is 4.39 Å². The third kappa shape index (κ3) is 0.855. The Hall–Kier alpha value is -0.110. The Labute approximate surface area is 55.4 Å². The Morgan fingerprint density at radius 2 is 2.00 bits per heavy atom. The molecule has 1 nitrogen and oxygen atoms in total. The van der Waals surface area contributed by atoms with E-state index in [9.17, 15) is 4.39 Å². The third-order valence-electron chi connectivity index (χ3n) is 2.71. The van der Waals surface area contributed by atoms with Crippen molar-refractivity contribution in [2.75, 3.05) is 13.2 Å². The molecule has 54 valence electrons. The van der Waals surface area contributed by atoms with E-state index in [1.807, 2.05) is 0 Å². The fourth-order valence-corrected chi connectivity index (χ4v) is 1.63. The zero-order valence-electron chi connectivity index (χ0n) is 6.02. The van der Waals surface area contributed by atoms with Gasteiger partial charge in [-0.1, -0.05) is 13.8 Å². The summed E-state index contributed by atoms with van der Waals surface area (Å²) in [6.45, 7) is 4.60. The minimum Gasteiger partial charge on any atom is -0.330 e. The largest absolute Gasteiger partial charge is 0.330 e. The molecule has 2 heteroatoms. The van der Waals surface area contributed by atoms with Crippen LogP contribution in [-0.4, -0.2) is 13.2 Å². The highest BCUT2D eigenvalue weighted by atomic mass is 19.1. The van der Waals surface area contributed by atoms with Crippen LogP contribution in [-0.2, 0) is 0 Å². The second-order valence-corrected chi connectivity index (χ2v) is 3.42. The predicted octanol–water partition coefficient (Wildman–Crippen LogP) is 1.19. The minimum atomic E-state index is -0.200.